The molecule has 1 aliphatic heterocycles. The Hall–Kier alpha value is -3.52. The van der Waals surface area contributed by atoms with E-state index < -0.39 is 5.91 Å². The van der Waals surface area contributed by atoms with Crippen molar-refractivity contribution in [2.75, 3.05) is 16.8 Å². The Labute approximate surface area is 184 Å². The summed E-state index contributed by atoms with van der Waals surface area (Å²) in [6.07, 6.45) is 2.45. The molecule has 1 atom stereocenters. The Kier molecular flexibility index (Phi) is 4.99. The van der Waals surface area contributed by atoms with Gasteiger partial charge in [0.25, 0.3) is 0 Å². The van der Waals surface area contributed by atoms with Gasteiger partial charge >= 0.3 is 0 Å². The fourth-order valence-electron chi connectivity index (χ4n) is 3.98. The van der Waals surface area contributed by atoms with E-state index in [1.54, 1.807) is 17.6 Å². The van der Waals surface area contributed by atoms with Crippen molar-refractivity contribution in [1.29, 1.82) is 0 Å². The monoisotopic (exact) mass is 430 g/mol. The zero-order chi connectivity index (χ0) is 21.4. The largest absolute Gasteiger partial charge is 0.369 e. The van der Waals surface area contributed by atoms with Crippen LogP contribution in [0.3, 0.4) is 0 Å². The Bertz CT molecular complexity index is 1250. The second-order valence-electron chi connectivity index (χ2n) is 7.70. The van der Waals surface area contributed by atoms with E-state index in [4.69, 9.17) is 10.7 Å². The van der Waals surface area contributed by atoms with E-state index in [2.05, 4.69) is 45.3 Å². The average Bonchev–Trinajstić information content (AvgIpc) is 3.43. The number of hydrogen-bond donors (Lipinski definition) is 2. The highest BCUT2D eigenvalue weighted by atomic mass is 32.1. The first kappa shape index (κ1) is 19.4. The lowest BCUT2D eigenvalue weighted by Gasteiger charge is -2.24. The molecule has 7 nitrogen and oxygen atoms in total. The predicted molar refractivity (Wildman–Crippen MR) is 125 cm³/mol. The van der Waals surface area contributed by atoms with Gasteiger partial charge in [-0.25, -0.2) is 15.0 Å². The lowest BCUT2D eigenvalue weighted by Crippen LogP contribution is -2.26. The smallest absolute Gasteiger partial charge is 0.248 e. The van der Waals surface area contributed by atoms with Gasteiger partial charge in [-0.05, 0) is 50.1 Å². The number of carbonyl (C=O) groups is 1. The highest BCUT2D eigenvalue weighted by molar-refractivity contribution is 7.16. The third-order valence-corrected chi connectivity index (χ3v) is 6.34. The third-order valence-electron chi connectivity index (χ3n) is 5.62. The van der Waals surface area contributed by atoms with Crippen LogP contribution in [0.5, 0.6) is 0 Å². The van der Waals surface area contributed by atoms with Crippen LogP contribution in [-0.2, 0) is 0 Å². The standard InChI is InChI=1S/C23H22N6OS/c1-14-4-3-11-29(14)18-6-2-5-17(12-18)26-22-19-23(31-13-25-19)28-21(27-22)16-9-7-15(8-10-16)20(24)30/h2,5-10,12-14H,3-4,11H2,1H3,(H2,24,30)(H,26,27,28)/t14-/m0/s1. The SMILES string of the molecule is C[C@H]1CCCN1c1cccc(Nc2nc(-c3ccc(C(N)=O)cc3)nc3scnc23)c1. The van der Waals surface area contributed by atoms with Gasteiger partial charge in [-0.2, -0.15) is 0 Å². The van der Waals surface area contributed by atoms with Gasteiger partial charge in [-0.3, -0.25) is 4.79 Å². The van der Waals surface area contributed by atoms with Crippen LogP contribution in [0.2, 0.25) is 0 Å². The van der Waals surface area contributed by atoms with Crippen molar-refractivity contribution in [2.24, 2.45) is 5.73 Å². The molecule has 3 N–H and O–H groups in total. The molecule has 0 spiro atoms. The lowest BCUT2D eigenvalue weighted by atomic mass is 10.1. The molecule has 31 heavy (non-hydrogen) atoms. The highest BCUT2D eigenvalue weighted by Crippen LogP contribution is 2.31. The van der Waals surface area contributed by atoms with Crippen molar-refractivity contribution in [3.63, 3.8) is 0 Å². The summed E-state index contributed by atoms with van der Waals surface area (Å²) in [7, 11) is 0. The molecule has 4 aromatic rings. The summed E-state index contributed by atoms with van der Waals surface area (Å²) >= 11 is 1.47. The number of primary amides is 1. The summed E-state index contributed by atoms with van der Waals surface area (Å²) in [6, 6.07) is 15.9. The molecule has 0 saturated carbocycles. The maximum atomic E-state index is 11.4. The Morgan fingerprint density at radius 1 is 1.19 bits per heavy atom. The van der Waals surface area contributed by atoms with Crippen LogP contribution in [0.15, 0.2) is 54.0 Å². The summed E-state index contributed by atoms with van der Waals surface area (Å²) in [6.45, 7) is 3.35. The van der Waals surface area contributed by atoms with Crippen LogP contribution >= 0.6 is 11.3 Å². The summed E-state index contributed by atoms with van der Waals surface area (Å²) in [5.41, 5.74) is 11.3. The van der Waals surface area contributed by atoms with Crippen LogP contribution in [0, 0.1) is 0 Å². The summed E-state index contributed by atoms with van der Waals surface area (Å²) in [4.78, 5) is 28.5. The molecule has 2 aromatic heterocycles. The van der Waals surface area contributed by atoms with Gasteiger partial charge in [0.15, 0.2) is 11.6 Å². The third kappa shape index (κ3) is 3.82. The van der Waals surface area contributed by atoms with Gasteiger partial charge in [0.05, 0.1) is 5.51 Å². The number of amides is 1. The van der Waals surface area contributed by atoms with Gasteiger partial charge in [-0.1, -0.05) is 18.2 Å². The number of benzene rings is 2. The zero-order valence-electron chi connectivity index (χ0n) is 17.1. The fourth-order valence-corrected chi connectivity index (χ4v) is 4.64. The molecule has 1 fully saturated rings. The molecule has 2 aromatic carbocycles. The first-order chi connectivity index (χ1) is 15.1. The van der Waals surface area contributed by atoms with E-state index in [0.29, 0.717) is 23.2 Å². The van der Waals surface area contributed by atoms with Crippen LogP contribution in [0.25, 0.3) is 21.7 Å². The number of nitrogens with one attached hydrogen (secondary N) is 1. The van der Waals surface area contributed by atoms with Gasteiger partial charge in [-0.15, -0.1) is 11.3 Å². The van der Waals surface area contributed by atoms with Crippen molar-refractivity contribution in [2.45, 2.75) is 25.8 Å². The first-order valence-electron chi connectivity index (χ1n) is 10.2. The van der Waals surface area contributed by atoms with E-state index in [1.807, 2.05) is 18.2 Å². The first-order valence-corrected chi connectivity index (χ1v) is 11.1. The summed E-state index contributed by atoms with van der Waals surface area (Å²) in [5, 5.41) is 3.44. The minimum atomic E-state index is -0.458. The molecule has 3 heterocycles. The molecule has 156 valence electrons. The maximum absolute atomic E-state index is 11.4. The van der Waals surface area contributed by atoms with E-state index in [1.165, 1.54) is 29.9 Å². The minimum Gasteiger partial charge on any atom is -0.369 e. The van der Waals surface area contributed by atoms with E-state index in [0.717, 1.165) is 28.1 Å². The topological polar surface area (TPSA) is 97.0 Å². The number of thiazole rings is 1. The molecule has 0 bridgehead atoms. The van der Waals surface area contributed by atoms with E-state index >= 15 is 0 Å². The Morgan fingerprint density at radius 3 is 2.77 bits per heavy atom. The molecular weight excluding hydrogens is 408 g/mol. The van der Waals surface area contributed by atoms with Crippen LogP contribution < -0.4 is 16.0 Å². The molecule has 5 rings (SSSR count). The second kappa shape index (κ2) is 7.96. The van der Waals surface area contributed by atoms with Crippen molar-refractivity contribution in [3.8, 4) is 11.4 Å². The van der Waals surface area contributed by atoms with Gasteiger partial charge < -0.3 is 16.0 Å². The number of carbonyl (C=O) groups excluding carboxylic acids is 1. The van der Waals surface area contributed by atoms with E-state index in [-0.39, 0.29) is 0 Å². The number of hydrogen-bond acceptors (Lipinski definition) is 7. The number of rotatable bonds is 5. The average molecular weight is 431 g/mol. The van der Waals surface area contributed by atoms with Gasteiger partial charge in [0.2, 0.25) is 5.91 Å². The predicted octanol–water partition coefficient (Wildman–Crippen LogP) is 4.58. The summed E-state index contributed by atoms with van der Waals surface area (Å²) in [5.74, 6) is 0.770. The normalized spacial score (nSPS) is 16.0. The molecular formula is C23H22N6OS. The molecule has 1 saturated heterocycles. The summed E-state index contributed by atoms with van der Waals surface area (Å²) < 4.78 is 0. The quantitative estimate of drug-likeness (QED) is 0.481. The maximum Gasteiger partial charge on any atom is 0.248 e. The molecule has 1 amide bonds. The highest BCUT2D eigenvalue weighted by Gasteiger charge is 2.21. The molecule has 0 aliphatic carbocycles. The Balaban J connectivity index is 1.50. The van der Waals surface area contributed by atoms with Crippen LogP contribution in [0.1, 0.15) is 30.1 Å². The molecule has 8 heteroatoms. The number of nitrogens with two attached hydrogens (primary N) is 1. The zero-order valence-corrected chi connectivity index (χ0v) is 17.9. The van der Waals surface area contributed by atoms with Crippen molar-refractivity contribution >= 4 is 44.8 Å². The Morgan fingerprint density at radius 2 is 2.03 bits per heavy atom. The van der Waals surface area contributed by atoms with Crippen molar-refractivity contribution in [3.05, 3.63) is 59.6 Å². The molecule has 0 radical (unpaired) electrons. The lowest BCUT2D eigenvalue weighted by molar-refractivity contribution is 0.100. The minimum absolute atomic E-state index is 0.453. The van der Waals surface area contributed by atoms with Crippen LogP contribution in [-0.4, -0.2) is 33.4 Å². The number of aromatic nitrogens is 3. The number of fused-ring (bicyclic) bond motifs is 1. The van der Waals surface area contributed by atoms with E-state index in [9.17, 15) is 4.79 Å². The number of nitrogens with zero attached hydrogens (tertiary/aromatic N) is 4. The number of anilines is 3. The van der Waals surface area contributed by atoms with Gasteiger partial charge in [0.1, 0.15) is 10.3 Å². The molecule has 1 aliphatic rings. The van der Waals surface area contributed by atoms with Crippen molar-refractivity contribution < 1.29 is 4.79 Å². The second-order valence-corrected chi connectivity index (χ2v) is 8.54. The van der Waals surface area contributed by atoms with Crippen LogP contribution in [0.4, 0.5) is 17.2 Å². The molecule has 0 unspecified atom stereocenters. The van der Waals surface area contributed by atoms with Gasteiger partial charge in [0, 0.05) is 35.1 Å². The fraction of sp³-hybridized carbons (Fsp3) is 0.217. The van der Waals surface area contributed by atoms with Crippen molar-refractivity contribution in [1.82, 2.24) is 15.0 Å².